The maximum absolute atomic E-state index is 13.4. The van der Waals surface area contributed by atoms with Gasteiger partial charge in [-0.05, 0) is 63.6 Å². The van der Waals surface area contributed by atoms with Crippen molar-refractivity contribution in [3.63, 3.8) is 0 Å². The predicted octanol–water partition coefficient (Wildman–Crippen LogP) is 3.85. The van der Waals surface area contributed by atoms with E-state index in [4.69, 9.17) is 0 Å². The normalized spacial score (nSPS) is 17.2. The molecule has 2 aliphatic heterocycles. The van der Waals surface area contributed by atoms with E-state index in [2.05, 4.69) is 29.0 Å². The molecule has 0 aliphatic carbocycles. The minimum Gasteiger partial charge on any atom is -0.358 e. The quantitative estimate of drug-likeness (QED) is 0.698. The van der Waals surface area contributed by atoms with Crippen LogP contribution in [-0.4, -0.2) is 59.3 Å². The van der Waals surface area contributed by atoms with E-state index < -0.39 is 0 Å². The van der Waals surface area contributed by atoms with Gasteiger partial charge in [-0.3, -0.25) is 9.59 Å². The average Bonchev–Trinajstić information content (AvgIpc) is 3.17. The summed E-state index contributed by atoms with van der Waals surface area (Å²) in [4.78, 5) is 33.8. The number of carbonyl (C=O) groups is 2. The maximum Gasteiger partial charge on any atom is 0.256 e. The third-order valence-corrected chi connectivity index (χ3v) is 6.55. The Morgan fingerprint density at radius 2 is 1.94 bits per heavy atom. The van der Waals surface area contributed by atoms with E-state index in [1.165, 1.54) is 0 Å². The molecule has 1 aromatic heterocycles. The highest BCUT2D eigenvalue weighted by molar-refractivity contribution is 6.35. The van der Waals surface area contributed by atoms with Crippen LogP contribution in [0, 0.1) is 13.8 Å². The van der Waals surface area contributed by atoms with Gasteiger partial charge in [0, 0.05) is 42.3 Å². The number of H-pyrrole nitrogens is 1. The Morgan fingerprint density at radius 3 is 2.68 bits per heavy atom. The summed E-state index contributed by atoms with van der Waals surface area (Å²) in [7, 11) is 0. The summed E-state index contributed by atoms with van der Waals surface area (Å²) in [5.74, 6) is 0.00199. The third kappa shape index (κ3) is 4.04. The molecule has 3 heterocycles. The van der Waals surface area contributed by atoms with E-state index in [0.29, 0.717) is 5.57 Å². The van der Waals surface area contributed by atoms with Gasteiger partial charge in [0.1, 0.15) is 0 Å². The molecule has 0 bridgehead atoms. The van der Waals surface area contributed by atoms with Crippen LogP contribution in [0.5, 0.6) is 0 Å². The molecule has 0 atom stereocenters. The summed E-state index contributed by atoms with van der Waals surface area (Å²) in [6.45, 7) is 12.7. The van der Waals surface area contributed by atoms with Gasteiger partial charge in [0.05, 0.1) is 11.1 Å². The van der Waals surface area contributed by atoms with Crippen LogP contribution in [0.15, 0.2) is 18.2 Å². The molecule has 2 aliphatic rings. The van der Waals surface area contributed by atoms with E-state index in [1.807, 2.05) is 43.0 Å². The number of carbonyl (C=O) groups excluding carboxylic acids is 2. The van der Waals surface area contributed by atoms with E-state index in [0.717, 1.165) is 84.9 Å². The van der Waals surface area contributed by atoms with Gasteiger partial charge >= 0.3 is 0 Å². The maximum atomic E-state index is 13.4. The molecule has 0 fully saturated rings. The molecule has 164 valence electrons. The molecule has 2 aromatic rings. The summed E-state index contributed by atoms with van der Waals surface area (Å²) < 4.78 is 0. The first kappa shape index (κ1) is 21.4. The molecule has 6 nitrogen and oxygen atoms in total. The molecular formula is C25H32N4O2. The number of benzene rings is 1. The van der Waals surface area contributed by atoms with Gasteiger partial charge in [-0.15, -0.1) is 0 Å². The van der Waals surface area contributed by atoms with Crippen LogP contribution in [0.2, 0.25) is 0 Å². The fraction of sp³-hybridized carbons (Fsp3) is 0.440. The van der Waals surface area contributed by atoms with Crippen LogP contribution in [-0.2, 0) is 11.2 Å². The summed E-state index contributed by atoms with van der Waals surface area (Å²) >= 11 is 0. The van der Waals surface area contributed by atoms with E-state index in [9.17, 15) is 9.59 Å². The zero-order chi connectivity index (χ0) is 22.1. The molecule has 2 amide bonds. The number of nitrogens with zero attached hydrogens (tertiary/aromatic N) is 2. The number of aromatic nitrogens is 1. The van der Waals surface area contributed by atoms with Gasteiger partial charge in [-0.25, -0.2) is 0 Å². The van der Waals surface area contributed by atoms with Crippen LogP contribution in [0.1, 0.15) is 58.7 Å². The van der Waals surface area contributed by atoms with Crippen molar-refractivity contribution in [2.24, 2.45) is 0 Å². The Balaban J connectivity index is 1.65. The number of hydrogen-bond donors (Lipinski definition) is 2. The Morgan fingerprint density at radius 1 is 1.16 bits per heavy atom. The van der Waals surface area contributed by atoms with Crippen LogP contribution in [0.25, 0.3) is 11.6 Å². The van der Waals surface area contributed by atoms with Gasteiger partial charge in [0.25, 0.3) is 11.8 Å². The lowest BCUT2D eigenvalue weighted by Crippen LogP contribution is -2.38. The molecule has 1 aromatic carbocycles. The molecular weight excluding hydrogens is 388 g/mol. The highest BCUT2D eigenvalue weighted by Gasteiger charge is 2.29. The van der Waals surface area contributed by atoms with Gasteiger partial charge in [0.15, 0.2) is 0 Å². The summed E-state index contributed by atoms with van der Waals surface area (Å²) in [5, 5.41) is 2.94. The van der Waals surface area contributed by atoms with Crippen molar-refractivity contribution in [1.82, 2.24) is 14.8 Å². The Kier molecular flexibility index (Phi) is 6.01. The first-order valence-corrected chi connectivity index (χ1v) is 11.3. The summed E-state index contributed by atoms with van der Waals surface area (Å²) in [6, 6.07) is 5.97. The van der Waals surface area contributed by atoms with Crippen molar-refractivity contribution in [2.75, 3.05) is 38.0 Å². The minimum atomic E-state index is -0.100. The number of aromatic amines is 1. The average molecular weight is 421 g/mol. The first-order valence-electron chi connectivity index (χ1n) is 11.3. The third-order valence-electron chi connectivity index (χ3n) is 6.55. The van der Waals surface area contributed by atoms with Crippen molar-refractivity contribution in [3.05, 3.63) is 51.8 Å². The number of anilines is 1. The summed E-state index contributed by atoms with van der Waals surface area (Å²) in [5.41, 5.74) is 7.06. The van der Waals surface area contributed by atoms with E-state index in [1.54, 1.807) is 0 Å². The second-order valence-electron chi connectivity index (χ2n) is 8.50. The van der Waals surface area contributed by atoms with Crippen LogP contribution in [0.3, 0.4) is 0 Å². The number of rotatable bonds is 6. The van der Waals surface area contributed by atoms with Gasteiger partial charge in [-0.2, -0.15) is 0 Å². The zero-order valence-corrected chi connectivity index (χ0v) is 19.0. The largest absolute Gasteiger partial charge is 0.358 e. The van der Waals surface area contributed by atoms with Crippen molar-refractivity contribution in [1.29, 1.82) is 0 Å². The Hall–Kier alpha value is -2.86. The lowest BCUT2D eigenvalue weighted by molar-refractivity contribution is -0.110. The van der Waals surface area contributed by atoms with Crippen molar-refractivity contribution in [2.45, 2.75) is 40.5 Å². The zero-order valence-electron chi connectivity index (χ0n) is 19.0. The Labute approximate surface area is 184 Å². The van der Waals surface area contributed by atoms with Gasteiger partial charge in [-0.1, -0.05) is 25.5 Å². The van der Waals surface area contributed by atoms with Gasteiger partial charge in [0.2, 0.25) is 0 Å². The smallest absolute Gasteiger partial charge is 0.256 e. The van der Waals surface area contributed by atoms with E-state index >= 15 is 0 Å². The topological polar surface area (TPSA) is 68.4 Å². The van der Waals surface area contributed by atoms with Gasteiger partial charge < -0.3 is 20.1 Å². The lowest BCUT2D eigenvalue weighted by Gasteiger charge is -2.25. The summed E-state index contributed by atoms with van der Waals surface area (Å²) in [6.07, 6.45) is 3.68. The molecule has 0 saturated heterocycles. The van der Waals surface area contributed by atoms with Crippen LogP contribution in [0.4, 0.5) is 5.69 Å². The number of nitrogens with one attached hydrogen (secondary N) is 2. The van der Waals surface area contributed by atoms with E-state index in [-0.39, 0.29) is 11.8 Å². The highest BCUT2D eigenvalue weighted by Crippen LogP contribution is 2.35. The number of amides is 2. The molecule has 0 radical (unpaired) electrons. The SMILES string of the molecule is CCN(CC)CCN1CCCc2[nH]c(/C=C3\C(=O)Nc4ccc(C)cc43)c(C)c2C1=O. The lowest BCUT2D eigenvalue weighted by atomic mass is 10.0. The molecule has 6 heteroatoms. The molecule has 0 saturated carbocycles. The van der Waals surface area contributed by atoms with Crippen LogP contribution >= 0.6 is 0 Å². The standard InChI is InChI=1S/C25H32N4O2/c1-5-28(6-2)12-13-29-11-7-8-21-23(25(29)31)17(4)22(26-21)15-19-18-14-16(3)9-10-20(18)27-24(19)30/h9-10,14-15,26H,5-8,11-13H2,1-4H3,(H,27,30)/b19-15-. The minimum absolute atomic E-state index is 0.100. The van der Waals surface area contributed by atoms with Crippen molar-refractivity contribution >= 4 is 29.2 Å². The molecule has 0 unspecified atom stereocenters. The van der Waals surface area contributed by atoms with Crippen molar-refractivity contribution < 1.29 is 9.59 Å². The first-order chi connectivity index (χ1) is 14.9. The fourth-order valence-corrected chi connectivity index (χ4v) is 4.61. The number of likely N-dealkylation sites (N-methyl/N-ethyl adjacent to an activating group) is 1. The molecule has 2 N–H and O–H groups in total. The van der Waals surface area contributed by atoms with Crippen molar-refractivity contribution in [3.8, 4) is 0 Å². The second kappa shape index (κ2) is 8.71. The number of fused-ring (bicyclic) bond motifs is 2. The second-order valence-corrected chi connectivity index (χ2v) is 8.50. The fourth-order valence-electron chi connectivity index (χ4n) is 4.61. The number of hydrogen-bond acceptors (Lipinski definition) is 3. The van der Waals surface area contributed by atoms with Crippen LogP contribution < -0.4 is 5.32 Å². The number of aryl methyl sites for hydroxylation is 2. The molecule has 4 rings (SSSR count). The monoisotopic (exact) mass is 420 g/mol. The molecule has 31 heavy (non-hydrogen) atoms. The Bertz CT molecular complexity index is 1050. The predicted molar refractivity (Wildman–Crippen MR) is 125 cm³/mol. The molecule has 0 spiro atoms. The highest BCUT2D eigenvalue weighted by atomic mass is 16.2.